The van der Waals surface area contributed by atoms with Crippen LogP contribution in [0.2, 0.25) is 0 Å². The van der Waals surface area contributed by atoms with E-state index < -0.39 is 0 Å². The molecule has 1 aliphatic heterocycles. The molecule has 0 aliphatic carbocycles. The van der Waals surface area contributed by atoms with Crippen LogP contribution in [0.3, 0.4) is 0 Å². The van der Waals surface area contributed by atoms with Gasteiger partial charge >= 0.3 is 0 Å². The second-order valence-corrected chi connectivity index (χ2v) is 6.13. The van der Waals surface area contributed by atoms with E-state index in [9.17, 15) is 0 Å². The maximum Gasteiger partial charge on any atom is 0.0707 e. The second-order valence-electron chi connectivity index (χ2n) is 6.13. The van der Waals surface area contributed by atoms with Crippen LogP contribution in [0, 0.1) is 5.92 Å². The molecule has 16 heavy (non-hydrogen) atoms. The SMILES string of the molecule is CC(C)CCCCNCC1CCC(C)(C)O1. The zero-order chi connectivity index (χ0) is 12.0. The third kappa shape index (κ3) is 5.86. The summed E-state index contributed by atoms with van der Waals surface area (Å²) in [5, 5.41) is 3.51. The van der Waals surface area contributed by atoms with Crippen molar-refractivity contribution in [1.29, 1.82) is 0 Å². The lowest BCUT2D eigenvalue weighted by Crippen LogP contribution is -2.29. The summed E-state index contributed by atoms with van der Waals surface area (Å²) in [7, 11) is 0. The van der Waals surface area contributed by atoms with Gasteiger partial charge in [0.1, 0.15) is 0 Å². The van der Waals surface area contributed by atoms with E-state index in [0.29, 0.717) is 6.10 Å². The molecule has 1 heterocycles. The van der Waals surface area contributed by atoms with Crippen molar-refractivity contribution in [3.05, 3.63) is 0 Å². The number of unbranched alkanes of at least 4 members (excludes halogenated alkanes) is 1. The molecule has 96 valence electrons. The van der Waals surface area contributed by atoms with Crippen molar-refractivity contribution in [2.45, 2.75) is 71.5 Å². The van der Waals surface area contributed by atoms with Crippen LogP contribution in [0.15, 0.2) is 0 Å². The Labute approximate surface area is 101 Å². The topological polar surface area (TPSA) is 21.3 Å². The molecule has 0 radical (unpaired) electrons. The van der Waals surface area contributed by atoms with Gasteiger partial charge in [-0.2, -0.15) is 0 Å². The summed E-state index contributed by atoms with van der Waals surface area (Å²) in [6.07, 6.45) is 6.86. The van der Waals surface area contributed by atoms with Crippen LogP contribution in [0.1, 0.15) is 59.8 Å². The third-order valence-corrected chi connectivity index (χ3v) is 3.31. The zero-order valence-electron chi connectivity index (χ0n) is 11.5. The molecule has 0 saturated carbocycles. The van der Waals surface area contributed by atoms with E-state index in [-0.39, 0.29) is 5.60 Å². The van der Waals surface area contributed by atoms with Gasteiger partial charge in [-0.3, -0.25) is 0 Å². The summed E-state index contributed by atoms with van der Waals surface area (Å²) in [5.74, 6) is 0.846. The molecule has 0 aromatic heterocycles. The summed E-state index contributed by atoms with van der Waals surface area (Å²) in [6.45, 7) is 11.1. The fourth-order valence-corrected chi connectivity index (χ4v) is 2.29. The quantitative estimate of drug-likeness (QED) is 0.673. The molecule has 1 fully saturated rings. The molecule has 1 N–H and O–H groups in total. The monoisotopic (exact) mass is 227 g/mol. The Bertz CT molecular complexity index is 189. The Morgan fingerprint density at radius 2 is 2.06 bits per heavy atom. The lowest BCUT2D eigenvalue weighted by Gasteiger charge is -2.19. The summed E-state index contributed by atoms with van der Waals surface area (Å²) >= 11 is 0. The first-order chi connectivity index (χ1) is 7.49. The van der Waals surface area contributed by atoms with Crippen molar-refractivity contribution >= 4 is 0 Å². The second kappa shape index (κ2) is 6.61. The van der Waals surface area contributed by atoms with Crippen molar-refractivity contribution in [3.8, 4) is 0 Å². The Balaban J connectivity index is 1.92. The first kappa shape index (κ1) is 14.0. The largest absolute Gasteiger partial charge is 0.371 e. The molecule has 1 atom stereocenters. The fraction of sp³-hybridized carbons (Fsp3) is 1.00. The molecule has 1 unspecified atom stereocenters. The van der Waals surface area contributed by atoms with Crippen LogP contribution in [-0.4, -0.2) is 24.8 Å². The van der Waals surface area contributed by atoms with E-state index in [1.807, 2.05) is 0 Å². The van der Waals surface area contributed by atoms with Gasteiger partial charge in [0.15, 0.2) is 0 Å². The minimum absolute atomic E-state index is 0.115. The van der Waals surface area contributed by atoms with Gasteiger partial charge in [0, 0.05) is 6.54 Å². The van der Waals surface area contributed by atoms with Crippen molar-refractivity contribution in [2.24, 2.45) is 5.92 Å². The van der Waals surface area contributed by atoms with Crippen LogP contribution < -0.4 is 5.32 Å². The summed E-state index contributed by atoms with van der Waals surface area (Å²) in [4.78, 5) is 0. The lowest BCUT2D eigenvalue weighted by atomic mass is 10.1. The Morgan fingerprint density at radius 1 is 1.31 bits per heavy atom. The average Bonchev–Trinajstić information content (AvgIpc) is 2.51. The summed E-state index contributed by atoms with van der Waals surface area (Å²) in [5.41, 5.74) is 0.115. The number of nitrogens with one attached hydrogen (secondary N) is 1. The molecule has 1 saturated heterocycles. The van der Waals surface area contributed by atoms with Crippen LogP contribution in [0.4, 0.5) is 0 Å². The number of hydrogen-bond donors (Lipinski definition) is 1. The van der Waals surface area contributed by atoms with Gasteiger partial charge in [-0.15, -0.1) is 0 Å². The molecular weight excluding hydrogens is 198 g/mol. The minimum Gasteiger partial charge on any atom is -0.371 e. The van der Waals surface area contributed by atoms with E-state index >= 15 is 0 Å². The Kier molecular flexibility index (Phi) is 5.77. The molecular formula is C14H29NO. The summed E-state index contributed by atoms with van der Waals surface area (Å²) < 4.78 is 5.93. The molecule has 0 aromatic rings. The molecule has 2 nitrogen and oxygen atoms in total. The van der Waals surface area contributed by atoms with E-state index in [4.69, 9.17) is 4.74 Å². The average molecular weight is 227 g/mol. The van der Waals surface area contributed by atoms with Crippen LogP contribution in [0.25, 0.3) is 0 Å². The van der Waals surface area contributed by atoms with E-state index in [1.54, 1.807) is 0 Å². The highest BCUT2D eigenvalue weighted by molar-refractivity contribution is 4.81. The maximum absolute atomic E-state index is 5.93. The van der Waals surface area contributed by atoms with E-state index in [1.165, 1.54) is 32.1 Å². The van der Waals surface area contributed by atoms with Gasteiger partial charge in [0.25, 0.3) is 0 Å². The summed E-state index contributed by atoms with van der Waals surface area (Å²) in [6, 6.07) is 0. The predicted octanol–water partition coefficient (Wildman–Crippen LogP) is 3.36. The van der Waals surface area contributed by atoms with Crippen LogP contribution in [-0.2, 0) is 4.74 Å². The molecule has 1 rings (SSSR count). The fourth-order valence-electron chi connectivity index (χ4n) is 2.29. The molecule has 0 amide bonds. The van der Waals surface area contributed by atoms with Gasteiger partial charge in [0.05, 0.1) is 11.7 Å². The normalized spacial score (nSPS) is 24.2. The highest BCUT2D eigenvalue weighted by atomic mass is 16.5. The van der Waals surface area contributed by atoms with Crippen molar-refractivity contribution < 1.29 is 4.74 Å². The van der Waals surface area contributed by atoms with Gasteiger partial charge in [-0.25, -0.2) is 0 Å². The number of rotatable bonds is 7. The Morgan fingerprint density at radius 3 is 2.62 bits per heavy atom. The molecule has 0 bridgehead atoms. The van der Waals surface area contributed by atoms with Crippen molar-refractivity contribution in [2.75, 3.05) is 13.1 Å². The first-order valence-corrected chi connectivity index (χ1v) is 6.88. The maximum atomic E-state index is 5.93. The van der Waals surface area contributed by atoms with Crippen LogP contribution >= 0.6 is 0 Å². The molecule has 0 aromatic carbocycles. The smallest absolute Gasteiger partial charge is 0.0707 e. The molecule has 2 heteroatoms. The highest BCUT2D eigenvalue weighted by Crippen LogP contribution is 2.28. The van der Waals surface area contributed by atoms with E-state index in [2.05, 4.69) is 33.0 Å². The van der Waals surface area contributed by atoms with Gasteiger partial charge in [0.2, 0.25) is 0 Å². The zero-order valence-corrected chi connectivity index (χ0v) is 11.5. The lowest BCUT2D eigenvalue weighted by molar-refractivity contribution is -0.0141. The Hall–Kier alpha value is -0.0800. The van der Waals surface area contributed by atoms with Gasteiger partial charge < -0.3 is 10.1 Å². The molecule has 0 spiro atoms. The first-order valence-electron chi connectivity index (χ1n) is 6.88. The van der Waals surface area contributed by atoms with Crippen molar-refractivity contribution in [1.82, 2.24) is 5.32 Å². The number of hydrogen-bond acceptors (Lipinski definition) is 2. The van der Waals surface area contributed by atoms with Gasteiger partial charge in [-0.1, -0.05) is 26.7 Å². The van der Waals surface area contributed by atoms with E-state index in [0.717, 1.165) is 19.0 Å². The standard InChI is InChI=1S/C14H29NO/c1-12(2)7-5-6-10-15-11-13-8-9-14(3,4)16-13/h12-13,15H,5-11H2,1-4H3. The molecule has 1 aliphatic rings. The van der Waals surface area contributed by atoms with Crippen molar-refractivity contribution in [3.63, 3.8) is 0 Å². The predicted molar refractivity (Wildman–Crippen MR) is 69.7 cm³/mol. The van der Waals surface area contributed by atoms with Crippen LogP contribution in [0.5, 0.6) is 0 Å². The minimum atomic E-state index is 0.115. The highest BCUT2D eigenvalue weighted by Gasteiger charge is 2.30. The third-order valence-electron chi connectivity index (χ3n) is 3.31. The van der Waals surface area contributed by atoms with Gasteiger partial charge in [-0.05, 0) is 45.6 Å². The number of ether oxygens (including phenoxy) is 1.